The molecule has 1 aromatic carbocycles. The third kappa shape index (κ3) is 4.01. The Morgan fingerprint density at radius 1 is 1.60 bits per heavy atom. The fourth-order valence-electron chi connectivity index (χ4n) is 2.23. The molecule has 1 aliphatic rings. The fourth-order valence-corrected chi connectivity index (χ4v) is 2.62. The lowest BCUT2D eigenvalue weighted by Crippen LogP contribution is -2.42. The molecule has 1 saturated heterocycles. The summed E-state index contributed by atoms with van der Waals surface area (Å²) in [5.74, 6) is -0.536. The molecule has 1 fully saturated rings. The van der Waals surface area contributed by atoms with Crippen molar-refractivity contribution in [2.45, 2.75) is 19.1 Å². The molecule has 1 atom stereocenters. The van der Waals surface area contributed by atoms with Gasteiger partial charge in [-0.25, -0.2) is 4.39 Å². The van der Waals surface area contributed by atoms with Gasteiger partial charge in [-0.2, -0.15) is 0 Å². The van der Waals surface area contributed by atoms with E-state index in [2.05, 4.69) is 25.6 Å². The van der Waals surface area contributed by atoms with Gasteiger partial charge in [0.15, 0.2) is 0 Å². The minimum atomic E-state index is -0.274. The van der Waals surface area contributed by atoms with Crippen molar-refractivity contribution >= 4 is 21.9 Å². The van der Waals surface area contributed by atoms with Crippen molar-refractivity contribution in [1.29, 1.82) is 0 Å². The first-order valence-corrected chi connectivity index (χ1v) is 7.23. The van der Waals surface area contributed by atoms with E-state index in [1.54, 1.807) is 6.07 Å². The number of halogens is 2. The SMILES string of the molecule is COC(=O)CC1CN(Cc2cccc(F)c2Br)CCO1. The summed E-state index contributed by atoms with van der Waals surface area (Å²) < 4.78 is 24.2. The van der Waals surface area contributed by atoms with E-state index < -0.39 is 0 Å². The van der Waals surface area contributed by atoms with E-state index in [-0.39, 0.29) is 24.3 Å². The van der Waals surface area contributed by atoms with Crippen LogP contribution in [0.3, 0.4) is 0 Å². The van der Waals surface area contributed by atoms with Crippen LogP contribution in [0.15, 0.2) is 22.7 Å². The summed E-state index contributed by atoms with van der Waals surface area (Å²) >= 11 is 3.27. The summed E-state index contributed by atoms with van der Waals surface area (Å²) in [5, 5.41) is 0. The summed E-state index contributed by atoms with van der Waals surface area (Å²) in [4.78, 5) is 13.4. The van der Waals surface area contributed by atoms with E-state index in [0.717, 1.165) is 12.1 Å². The highest BCUT2D eigenvalue weighted by molar-refractivity contribution is 9.10. The van der Waals surface area contributed by atoms with Gasteiger partial charge in [-0.15, -0.1) is 0 Å². The van der Waals surface area contributed by atoms with Gasteiger partial charge in [0.2, 0.25) is 0 Å². The van der Waals surface area contributed by atoms with Gasteiger partial charge in [0, 0.05) is 19.6 Å². The number of rotatable bonds is 4. The van der Waals surface area contributed by atoms with Crippen molar-refractivity contribution in [1.82, 2.24) is 4.90 Å². The molecule has 0 spiro atoms. The highest BCUT2D eigenvalue weighted by Gasteiger charge is 2.23. The maximum atomic E-state index is 13.5. The lowest BCUT2D eigenvalue weighted by Gasteiger charge is -2.32. The van der Waals surface area contributed by atoms with Crippen LogP contribution in [0.2, 0.25) is 0 Å². The zero-order valence-corrected chi connectivity index (χ0v) is 12.9. The normalized spacial score (nSPS) is 19.9. The number of benzene rings is 1. The van der Waals surface area contributed by atoms with E-state index in [1.807, 2.05) is 6.07 Å². The molecule has 0 N–H and O–H groups in total. The highest BCUT2D eigenvalue weighted by Crippen LogP contribution is 2.23. The average molecular weight is 346 g/mol. The molecule has 1 aromatic rings. The Morgan fingerprint density at radius 2 is 2.40 bits per heavy atom. The highest BCUT2D eigenvalue weighted by atomic mass is 79.9. The number of esters is 1. The molecule has 0 saturated carbocycles. The Bertz CT molecular complexity index is 483. The number of hydrogen-bond acceptors (Lipinski definition) is 4. The molecule has 1 unspecified atom stereocenters. The molecule has 110 valence electrons. The Kier molecular flexibility index (Phi) is 5.51. The smallest absolute Gasteiger partial charge is 0.308 e. The number of carbonyl (C=O) groups is 1. The number of hydrogen-bond donors (Lipinski definition) is 0. The maximum Gasteiger partial charge on any atom is 0.308 e. The van der Waals surface area contributed by atoms with Gasteiger partial charge < -0.3 is 9.47 Å². The van der Waals surface area contributed by atoms with Crippen molar-refractivity contribution in [3.8, 4) is 0 Å². The monoisotopic (exact) mass is 345 g/mol. The van der Waals surface area contributed by atoms with Crippen molar-refractivity contribution in [3.05, 3.63) is 34.1 Å². The second-order valence-electron chi connectivity index (χ2n) is 4.72. The van der Waals surface area contributed by atoms with E-state index in [0.29, 0.717) is 24.2 Å². The van der Waals surface area contributed by atoms with Crippen molar-refractivity contribution in [3.63, 3.8) is 0 Å². The number of ether oxygens (including phenoxy) is 2. The molecule has 6 heteroatoms. The minimum absolute atomic E-state index is 0.163. The standard InChI is InChI=1S/C14H17BrFNO3/c1-19-13(18)7-11-9-17(5-6-20-11)8-10-3-2-4-12(16)14(10)15/h2-4,11H,5-9H2,1H3. The Balaban J connectivity index is 1.96. The topological polar surface area (TPSA) is 38.8 Å². The van der Waals surface area contributed by atoms with Gasteiger partial charge in [-0.3, -0.25) is 9.69 Å². The van der Waals surface area contributed by atoms with Crippen LogP contribution in [0.5, 0.6) is 0 Å². The van der Waals surface area contributed by atoms with Gasteiger partial charge in [-0.1, -0.05) is 12.1 Å². The second-order valence-corrected chi connectivity index (χ2v) is 5.51. The van der Waals surface area contributed by atoms with Crippen LogP contribution < -0.4 is 0 Å². The first kappa shape index (κ1) is 15.4. The maximum absolute atomic E-state index is 13.5. The molecule has 2 rings (SSSR count). The van der Waals surface area contributed by atoms with E-state index in [4.69, 9.17) is 4.74 Å². The summed E-state index contributed by atoms with van der Waals surface area (Å²) in [5.41, 5.74) is 0.892. The van der Waals surface area contributed by atoms with E-state index >= 15 is 0 Å². The summed E-state index contributed by atoms with van der Waals surface area (Å²) in [6.45, 7) is 2.59. The first-order valence-electron chi connectivity index (χ1n) is 6.44. The zero-order chi connectivity index (χ0) is 14.5. The zero-order valence-electron chi connectivity index (χ0n) is 11.3. The van der Waals surface area contributed by atoms with Crippen LogP contribution in [-0.2, 0) is 20.8 Å². The molecule has 1 aliphatic heterocycles. The third-order valence-corrected chi connectivity index (χ3v) is 4.16. The third-order valence-electron chi connectivity index (χ3n) is 3.27. The Labute approximate surface area is 126 Å². The van der Waals surface area contributed by atoms with Crippen LogP contribution in [0.25, 0.3) is 0 Å². The molecule has 0 bridgehead atoms. The van der Waals surface area contributed by atoms with Gasteiger partial charge in [0.1, 0.15) is 5.82 Å². The summed E-state index contributed by atoms with van der Waals surface area (Å²) in [6.07, 6.45) is 0.0839. The van der Waals surface area contributed by atoms with Crippen LogP contribution in [0.4, 0.5) is 4.39 Å². The van der Waals surface area contributed by atoms with Gasteiger partial charge in [0.05, 0.1) is 30.7 Å². The second kappa shape index (κ2) is 7.15. The molecule has 20 heavy (non-hydrogen) atoms. The van der Waals surface area contributed by atoms with Crippen LogP contribution >= 0.6 is 15.9 Å². The quantitative estimate of drug-likeness (QED) is 0.785. The lowest BCUT2D eigenvalue weighted by molar-refractivity contribution is -0.145. The molecular formula is C14H17BrFNO3. The van der Waals surface area contributed by atoms with Crippen molar-refractivity contribution in [2.24, 2.45) is 0 Å². The fraction of sp³-hybridized carbons (Fsp3) is 0.500. The first-order chi connectivity index (χ1) is 9.60. The van der Waals surface area contributed by atoms with Crippen LogP contribution in [0, 0.1) is 5.82 Å². The van der Waals surface area contributed by atoms with Gasteiger partial charge in [-0.05, 0) is 27.6 Å². The Hall–Kier alpha value is -0.980. The minimum Gasteiger partial charge on any atom is -0.469 e. The molecule has 0 amide bonds. The molecule has 4 nitrogen and oxygen atoms in total. The molecule has 0 radical (unpaired) electrons. The lowest BCUT2D eigenvalue weighted by atomic mass is 10.1. The van der Waals surface area contributed by atoms with Gasteiger partial charge >= 0.3 is 5.97 Å². The van der Waals surface area contributed by atoms with E-state index in [1.165, 1.54) is 13.2 Å². The predicted molar refractivity (Wildman–Crippen MR) is 75.8 cm³/mol. The number of nitrogens with zero attached hydrogens (tertiary/aromatic N) is 1. The summed E-state index contributed by atoms with van der Waals surface area (Å²) in [6, 6.07) is 5.01. The Morgan fingerprint density at radius 3 is 3.15 bits per heavy atom. The van der Waals surface area contributed by atoms with Crippen LogP contribution in [-0.4, -0.2) is 43.8 Å². The van der Waals surface area contributed by atoms with Crippen LogP contribution in [0.1, 0.15) is 12.0 Å². The largest absolute Gasteiger partial charge is 0.469 e. The number of morpholine rings is 1. The van der Waals surface area contributed by atoms with Gasteiger partial charge in [0.25, 0.3) is 0 Å². The molecule has 1 heterocycles. The molecule has 0 aromatic heterocycles. The molecular weight excluding hydrogens is 329 g/mol. The number of methoxy groups -OCH3 is 1. The molecule has 0 aliphatic carbocycles. The average Bonchev–Trinajstić information content (AvgIpc) is 2.44. The number of carbonyl (C=O) groups excluding carboxylic acids is 1. The van der Waals surface area contributed by atoms with Crippen molar-refractivity contribution < 1.29 is 18.7 Å². The van der Waals surface area contributed by atoms with Crippen molar-refractivity contribution in [2.75, 3.05) is 26.8 Å². The van der Waals surface area contributed by atoms with E-state index in [9.17, 15) is 9.18 Å². The predicted octanol–water partition coefficient (Wildman–Crippen LogP) is 2.35. The summed E-state index contributed by atoms with van der Waals surface area (Å²) in [7, 11) is 1.37.